The predicted octanol–water partition coefficient (Wildman–Crippen LogP) is 3.30. The van der Waals surface area contributed by atoms with E-state index in [4.69, 9.17) is 4.74 Å². The highest BCUT2D eigenvalue weighted by Crippen LogP contribution is 2.21. The molecule has 1 N–H and O–H groups in total. The lowest BCUT2D eigenvalue weighted by Crippen LogP contribution is -2.19. The fourth-order valence-corrected chi connectivity index (χ4v) is 2.76. The topological polar surface area (TPSA) is 93.8 Å². The second-order valence-corrected chi connectivity index (χ2v) is 6.37. The van der Waals surface area contributed by atoms with Crippen LogP contribution < -0.4 is 10.2 Å². The number of para-hydroxylation sites is 1. The number of benzene rings is 2. The average Bonchev–Trinajstić information content (AvgIpc) is 3.14. The van der Waals surface area contributed by atoms with Gasteiger partial charge in [0.05, 0.1) is 6.21 Å². The van der Waals surface area contributed by atoms with Crippen molar-refractivity contribution in [3.05, 3.63) is 83.4 Å². The lowest BCUT2D eigenvalue weighted by Gasteiger charge is -2.05. The number of carbonyl (C=O) groups excluding carboxylic acids is 1. The molecule has 2 heterocycles. The normalized spacial score (nSPS) is 11.1. The molecular weight excluding hydrogens is 368 g/mol. The number of hydrazone groups is 1. The van der Waals surface area contributed by atoms with Crippen molar-refractivity contribution in [2.24, 2.45) is 5.10 Å². The Morgan fingerprint density at radius 1 is 1.03 bits per heavy atom. The van der Waals surface area contributed by atoms with Crippen LogP contribution in [0.15, 0.2) is 65.8 Å². The second-order valence-electron chi connectivity index (χ2n) is 6.37. The van der Waals surface area contributed by atoms with Gasteiger partial charge in [-0.25, -0.2) is 14.9 Å². The molecule has 0 radical (unpaired) electrons. The van der Waals surface area contributed by atoms with E-state index in [0.717, 1.165) is 22.7 Å². The van der Waals surface area contributed by atoms with Gasteiger partial charge in [0.1, 0.15) is 11.5 Å². The fourth-order valence-electron chi connectivity index (χ4n) is 2.76. The first-order valence-electron chi connectivity index (χ1n) is 8.96. The van der Waals surface area contributed by atoms with Gasteiger partial charge < -0.3 is 4.74 Å². The van der Waals surface area contributed by atoms with E-state index in [-0.39, 0.29) is 5.82 Å². The lowest BCUT2D eigenvalue weighted by atomic mass is 10.2. The minimum absolute atomic E-state index is 0.00418. The molecule has 29 heavy (non-hydrogen) atoms. The Kier molecular flexibility index (Phi) is 4.98. The number of carbonyl (C=O) groups is 1. The van der Waals surface area contributed by atoms with Crippen molar-refractivity contribution in [2.45, 2.75) is 13.8 Å². The van der Waals surface area contributed by atoms with Crippen molar-refractivity contribution < 1.29 is 9.53 Å². The van der Waals surface area contributed by atoms with Crippen LogP contribution in [0.25, 0.3) is 5.78 Å². The Balaban J connectivity index is 1.44. The zero-order valence-electron chi connectivity index (χ0n) is 15.9. The highest BCUT2D eigenvalue weighted by molar-refractivity contribution is 5.91. The highest BCUT2D eigenvalue weighted by Gasteiger charge is 2.14. The van der Waals surface area contributed by atoms with Gasteiger partial charge in [0, 0.05) is 11.4 Å². The van der Waals surface area contributed by atoms with E-state index in [2.05, 4.69) is 25.6 Å². The first-order valence-corrected chi connectivity index (χ1v) is 8.96. The number of rotatable bonds is 5. The maximum absolute atomic E-state index is 12.3. The summed E-state index contributed by atoms with van der Waals surface area (Å²) in [6, 6.07) is 18.7. The molecule has 0 aliphatic heterocycles. The average molecular weight is 386 g/mol. The van der Waals surface area contributed by atoms with Gasteiger partial charge in [-0.15, -0.1) is 5.10 Å². The molecule has 4 rings (SSSR count). The summed E-state index contributed by atoms with van der Waals surface area (Å²) in [7, 11) is 0. The van der Waals surface area contributed by atoms with E-state index < -0.39 is 5.91 Å². The van der Waals surface area contributed by atoms with Gasteiger partial charge in [-0.3, -0.25) is 4.79 Å². The maximum atomic E-state index is 12.3. The molecule has 8 nitrogen and oxygen atoms in total. The Hall–Kier alpha value is -4.07. The summed E-state index contributed by atoms with van der Waals surface area (Å²) in [5.41, 5.74) is 4.86. The van der Waals surface area contributed by atoms with E-state index in [1.165, 1.54) is 10.7 Å². The summed E-state index contributed by atoms with van der Waals surface area (Å²) in [5, 5.41) is 8.16. The number of nitrogens with zero attached hydrogens (tertiary/aromatic N) is 5. The summed E-state index contributed by atoms with van der Waals surface area (Å²) in [5.74, 6) is 1.28. The smallest absolute Gasteiger partial charge is 0.311 e. The number of aryl methyl sites for hydroxylation is 2. The highest BCUT2D eigenvalue weighted by atomic mass is 16.5. The molecule has 144 valence electrons. The van der Waals surface area contributed by atoms with Gasteiger partial charge in [0.2, 0.25) is 5.82 Å². The molecule has 8 heteroatoms. The zero-order valence-corrected chi connectivity index (χ0v) is 15.9. The lowest BCUT2D eigenvalue weighted by molar-refractivity contribution is 0.0945. The Bertz CT molecular complexity index is 1200. The van der Waals surface area contributed by atoms with E-state index in [9.17, 15) is 4.79 Å². The van der Waals surface area contributed by atoms with Crippen molar-refractivity contribution in [2.75, 3.05) is 0 Å². The van der Waals surface area contributed by atoms with Gasteiger partial charge >= 0.3 is 5.91 Å². The van der Waals surface area contributed by atoms with Crippen molar-refractivity contribution in [1.82, 2.24) is 25.0 Å². The Morgan fingerprint density at radius 2 is 1.83 bits per heavy atom. The molecule has 0 saturated heterocycles. The number of hydrogen-bond donors (Lipinski definition) is 1. The minimum Gasteiger partial charge on any atom is -0.457 e. The van der Waals surface area contributed by atoms with Crippen molar-refractivity contribution >= 4 is 17.9 Å². The van der Waals surface area contributed by atoms with Crippen LogP contribution in [0.1, 0.15) is 27.6 Å². The third-order valence-corrected chi connectivity index (χ3v) is 4.04. The summed E-state index contributed by atoms with van der Waals surface area (Å²) in [6.45, 7) is 3.74. The molecule has 0 fully saturated rings. The molecule has 1 amide bonds. The van der Waals surface area contributed by atoms with E-state index in [1.54, 1.807) is 0 Å². The Morgan fingerprint density at radius 3 is 2.66 bits per heavy atom. The van der Waals surface area contributed by atoms with E-state index >= 15 is 0 Å². The van der Waals surface area contributed by atoms with E-state index in [1.807, 2.05) is 74.5 Å². The van der Waals surface area contributed by atoms with Crippen molar-refractivity contribution in [1.29, 1.82) is 0 Å². The van der Waals surface area contributed by atoms with Gasteiger partial charge in [-0.2, -0.15) is 10.1 Å². The van der Waals surface area contributed by atoms with Gasteiger partial charge in [-0.1, -0.05) is 30.3 Å². The predicted molar refractivity (Wildman–Crippen MR) is 108 cm³/mol. The first kappa shape index (κ1) is 18.3. The standard InChI is InChI=1S/C21H18N6O2/c1-14-11-15(2)27-21(23-14)24-19(26-27)20(28)25-22-13-16-7-6-10-18(12-16)29-17-8-4-3-5-9-17/h3-13H,1-2H3,(H,25,28)/b22-13+. The van der Waals surface area contributed by atoms with Crippen LogP contribution in [0.3, 0.4) is 0 Å². The third-order valence-electron chi connectivity index (χ3n) is 4.04. The molecule has 0 aliphatic rings. The summed E-state index contributed by atoms with van der Waals surface area (Å²) in [4.78, 5) is 20.7. The molecule has 0 bridgehead atoms. The number of hydrogen-bond acceptors (Lipinski definition) is 6. The summed E-state index contributed by atoms with van der Waals surface area (Å²) >= 11 is 0. The van der Waals surface area contributed by atoms with Crippen LogP contribution in [0.4, 0.5) is 0 Å². The molecular formula is C21H18N6O2. The molecule has 0 saturated carbocycles. The zero-order chi connectivity index (χ0) is 20.2. The van der Waals surface area contributed by atoms with Crippen LogP contribution >= 0.6 is 0 Å². The molecule has 4 aromatic rings. The monoisotopic (exact) mass is 386 g/mol. The van der Waals surface area contributed by atoms with Crippen LogP contribution in [0.5, 0.6) is 11.5 Å². The molecule has 0 atom stereocenters. The molecule has 2 aromatic carbocycles. The summed E-state index contributed by atoms with van der Waals surface area (Å²) in [6.07, 6.45) is 1.53. The van der Waals surface area contributed by atoms with Crippen LogP contribution in [-0.2, 0) is 0 Å². The number of amides is 1. The quantitative estimate of drug-likeness (QED) is 0.420. The van der Waals surface area contributed by atoms with Crippen molar-refractivity contribution in [3.63, 3.8) is 0 Å². The van der Waals surface area contributed by atoms with Gasteiger partial charge in [0.15, 0.2) is 0 Å². The number of aromatic nitrogens is 4. The van der Waals surface area contributed by atoms with Gasteiger partial charge in [-0.05, 0) is 49.7 Å². The minimum atomic E-state index is -0.513. The largest absolute Gasteiger partial charge is 0.457 e. The fraction of sp³-hybridized carbons (Fsp3) is 0.0952. The molecule has 0 unspecified atom stereocenters. The summed E-state index contributed by atoms with van der Waals surface area (Å²) < 4.78 is 7.32. The van der Waals surface area contributed by atoms with Crippen LogP contribution in [0.2, 0.25) is 0 Å². The second kappa shape index (κ2) is 7.89. The Labute approximate surface area is 166 Å². The maximum Gasteiger partial charge on any atom is 0.311 e. The molecule has 0 aliphatic carbocycles. The molecule has 2 aromatic heterocycles. The number of nitrogens with one attached hydrogen (secondary N) is 1. The number of fused-ring (bicyclic) bond motifs is 1. The van der Waals surface area contributed by atoms with Crippen LogP contribution in [0, 0.1) is 13.8 Å². The first-order chi connectivity index (χ1) is 14.1. The van der Waals surface area contributed by atoms with Crippen LogP contribution in [-0.4, -0.2) is 31.7 Å². The SMILES string of the molecule is Cc1cc(C)n2nc(C(=O)N/N=C/c3cccc(Oc4ccccc4)c3)nc2n1. The number of ether oxygens (including phenoxy) is 1. The van der Waals surface area contributed by atoms with Crippen molar-refractivity contribution in [3.8, 4) is 11.5 Å². The van der Waals surface area contributed by atoms with E-state index in [0.29, 0.717) is 11.5 Å². The van der Waals surface area contributed by atoms with Gasteiger partial charge in [0.25, 0.3) is 5.78 Å². The third kappa shape index (κ3) is 4.27. The molecule has 0 spiro atoms.